The van der Waals surface area contributed by atoms with Gasteiger partial charge in [0.2, 0.25) is 0 Å². The summed E-state index contributed by atoms with van der Waals surface area (Å²) in [5.41, 5.74) is 0. The molecule has 0 aromatic heterocycles. The number of hydrogen-bond donors (Lipinski definition) is 2. The van der Waals surface area contributed by atoms with Crippen molar-refractivity contribution in [3.05, 3.63) is 12.3 Å². The van der Waals surface area contributed by atoms with E-state index in [-0.39, 0.29) is 0 Å². The van der Waals surface area contributed by atoms with Gasteiger partial charge in [0.25, 0.3) is 0 Å². The number of thioether (sulfide) groups is 1. The van der Waals surface area contributed by atoms with Gasteiger partial charge in [-0.25, -0.2) is 0 Å². The van der Waals surface area contributed by atoms with Crippen LogP contribution in [0.2, 0.25) is 0 Å². The maximum atomic E-state index is 10.2. The number of unbranched alkanes of at least 4 members (excludes halogenated alkanes) is 2. The monoisotopic (exact) mass is 231 g/mol. The molecule has 0 bridgehead atoms. The fourth-order valence-electron chi connectivity index (χ4n) is 1.08. The van der Waals surface area contributed by atoms with Crippen LogP contribution >= 0.6 is 11.8 Å². The number of hydrogen-bond acceptors (Lipinski definition) is 3. The Hall–Kier alpha value is -0.640. The topological polar surface area (TPSA) is 49.3 Å². The van der Waals surface area contributed by atoms with Crippen molar-refractivity contribution >= 4 is 17.7 Å². The second-order valence-electron chi connectivity index (χ2n) is 3.22. The zero-order valence-electron chi connectivity index (χ0n) is 9.37. The fourth-order valence-corrected chi connectivity index (χ4v) is 1.55. The van der Waals surface area contributed by atoms with Crippen LogP contribution in [0, 0.1) is 0 Å². The minimum absolute atomic E-state index is 0.295. The van der Waals surface area contributed by atoms with E-state index < -0.39 is 5.97 Å². The Kier molecular flexibility index (Phi) is 10.9. The van der Waals surface area contributed by atoms with Crippen molar-refractivity contribution in [2.45, 2.75) is 32.6 Å². The molecule has 0 fully saturated rings. The number of aliphatic carboxylic acids is 1. The van der Waals surface area contributed by atoms with E-state index in [0.717, 1.165) is 37.3 Å². The number of carbonyl (C=O) groups is 1. The molecule has 0 rings (SSSR count). The Balaban J connectivity index is 3.04. The molecular formula is C11H21NO2S. The third-order valence-electron chi connectivity index (χ3n) is 1.87. The van der Waals surface area contributed by atoms with Crippen LogP contribution in [0.15, 0.2) is 12.3 Å². The van der Waals surface area contributed by atoms with Gasteiger partial charge in [0, 0.05) is 18.7 Å². The van der Waals surface area contributed by atoms with Crippen molar-refractivity contribution in [2.75, 3.05) is 18.1 Å². The van der Waals surface area contributed by atoms with Gasteiger partial charge in [-0.3, -0.25) is 4.79 Å². The number of rotatable bonds is 10. The van der Waals surface area contributed by atoms with Crippen molar-refractivity contribution in [3.63, 3.8) is 0 Å². The molecule has 0 saturated heterocycles. The molecular weight excluding hydrogens is 210 g/mol. The Morgan fingerprint density at radius 1 is 1.40 bits per heavy atom. The summed E-state index contributed by atoms with van der Waals surface area (Å²) in [7, 11) is 0. The van der Waals surface area contributed by atoms with Gasteiger partial charge in [-0.15, -0.1) is 0 Å². The van der Waals surface area contributed by atoms with Crippen LogP contribution in [0.1, 0.15) is 32.6 Å². The summed E-state index contributed by atoms with van der Waals surface area (Å²) in [5.74, 6) is 1.52. The van der Waals surface area contributed by atoms with Crippen molar-refractivity contribution in [1.29, 1.82) is 0 Å². The molecule has 0 saturated carbocycles. The minimum Gasteiger partial charge on any atom is -0.481 e. The molecule has 0 aliphatic heterocycles. The van der Waals surface area contributed by atoms with Gasteiger partial charge in [0.1, 0.15) is 0 Å². The van der Waals surface area contributed by atoms with E-state index in [1.165, 1.54) is 0 Å². The SMILES string of the molecule is CCSC/C=C\NCCCCCC(=O)O. The van der Waals surface area contributed by atoms with Crippen LogP contribution in [-0.2, 0) is 4.79 Å². The summed E-state index contributed by atoms with van der Waals surface area (Å²) >= 11 is 1.89. The molecule has 2 N–H and O–H groups in total. The van der Waals surface area contributed by atoms with E-state index in [1.807, 2.05) is 18.0 Å². The molecule has 0 radical (unpaired) electrons. The average molecular weight is 231 g/mol. The molecule has 88 valence electrons. The molecule has 0 aromatic carbocycles. The lowest BCUT2D eigenvalue weighted by atomic mass is 10.2. The van der Waals surface area contributed by atoms with Gasteiger partial charge < -0.3 is 10.4 Å². The molecule has 0 aromatic rings. The summed E-state index contributed by atoms with van der Waals surface area (Å²) in [4.78, 5) is 10.2. The predicted octanol–water partition coefficient (Wildman–Crippen LogP) is 2.49. The van der Waals surface area contributed by atoms with Gasteiger partial charge in [0.15, 0.2) is 0 Å². The quantitative estimate of drug-likeness (QED) is 0.567. The van der Waals surface area contributed by atoms with Crippen LogP contribution in [0.3, 0.4) is 0 Å². The minimum atomic E-state index is -0.695. The maximum absolute atomic E-state index is 10.2. The van der Waals surface area contributed by atoms with E-state index in [0.29, 0.717) is 6.42 Å². The second kappa shape index (κ2) is 11.4. The third kappa shape index (κ3) is 13.4. The summed E-state index contributed by atoms with van der Waals surface area (Å²) in [6.07, 6.45) is 7.20. The van der Waals surface area contributed by atoms with E-state index >= 15 is 0 Å². The lowest BCUT2D eigenvalue weighted by Gasteiger charge is -1.99. The highest BCUT2D eigenvalue weighted by Gasteiger charge is 1.94. The molecule has 0 unspecified atom stereocenters. The van der Waals surface area contributed by atoms with Crippen LogP contribution in [0.5, 0.6) is 0 Å². The third-order valence-corrected chi connectivity index (χ3v) is 2.70. The van der Waals surface area contributed by atoms with E-state index in [9.17, 15) is 4.79 Å². The van der Waals surface area contributed by atoms with Crippen molar-refractivity contribution in [3.8, 4) is 0 Å². The highest BCUT2D eigenvalue weighted by molar-refractivity contribution is 7.99. The lowest BCUT2D eigenvalue weighted by molar-refractivity contribution is -0.137. The standard InChI is InChI=1S/C11H21NO2S/c1-2-15-10-6-9-12-8-5-3-4-7-11(13)14/h6,9,12H,2-5,7-8,10H2,1H3,(H,13,14)/b9-6-. The molecule has 3 nitrogen and oxygen atoms in total. The molecule has 0 spiro atoms. The fraction of sp³-hybridized carbons (Fsp3) is 0.727. The van der Waals surface area contributed by atoms with E-state index in [4.69, 9.17) is 5.11 Å². The van der Waals surface area contributed by atoms with Gasteiger partial charge >= 0.3 is 5.97 Å². The van der Waals surface area contributed by atoms with Gasteiger partial charge in [-0.2, -0.15) is 11.8 Å². The Labute approximate surface area is 96.3 Å². The Morgan fingerprint density at radius 2 is 2.20 bits per heavy atom. The van der Waals surface area contributed by atoms with Gasteiger partial charge in [-0.1, -0.05) is 19.4 Å². The molecule has 0 amide bonds. The van der Waals surface area contributed by atoms with Crippen LogP contribution in [0.4, 0.5) is 0 Å². The Morgan fingerprint density at radius 3 is 2.87 bits per heavy atom. The molecule has 15 heavy (non-hydrogen) atoms. The van der Waals surface area contributed by atoms with Crippen LogP contribution in [-0.4, -0.2) is 29.1 Å². The summed E-state index contributed by atoms with van der Waals surface area (Å²) in [6, 6.07) is 0. The van der Waals surface area contributed by atoms with Gasteiger partial charge in [0.05, 0.1) is 0 Å². The first-order chi connectivity index (χ1) is 7.27. The van der Waals surface area contributed by atoms with Gasteiger partial charge in [-0.05, 0) is 24.8 Å². The normalized spacial score (nSPS) is 10.7. The number of nitrogens with one attached hydrogen (secondary N) is 1. The molecule has 4 heteroatoms. The first kappa shape index (κ1) is 14.4. The predicted molar refractivity (Wildman–Crippen MR) is 66.2 cm³/mol. The first-order valence-electron chi connectivity index (χ1n) is 5.45. The van der Waals surface area contributed by atoms with E-state index in [2.05, 4.69) is 18.3 Å². The molecule has 0 heterocycles. The smallest absolute Gasteiger partial charge is 0.303 e. The van der Waals surface area contributed by atoms with Crippen molar-refractivity contribution in [2.24, 2.45) is 0 Å². The highest BCUT2D eigenvalue weighted by atomic mass is 32.2. The Bertz CT molecular complexity index is 183. The van der Waals surface area contributed by atoms with Crippen LogP contribution in [0.25, 0.3) is 0 Å². The second-order valence-corrected chi connectivity index (χ2v) is 4.54. The summed E-state index contributed by atoms with van der Waals surface area (Å²) < 4.78 is 0. The van der Waals surface area contributed by atoms with E-state index in [1.54, 1.807) is 0 Å². The highest BCUT2D eigenvalue weighted by Crippen LogP contribution is 1.99. The largest absolute Gasteiger partial charge is 0.481 e. The molecule has 0 atom stereocenters. The summed E-state index contributed by atoms with van der Waals surface area (Å²) in [5, 5.41) is 11.6. The van der Waals surface area contributed by atoms with Crippen molar-refractivity contribution < 1.29 is 9.90 Å². The maximum Gasteiger partial charge on any atom is 0.303 e. The molecule has 0 aliphatic carbocycles. The lowest BCUT2D eigenvalue weighted by Crippen LogP contribution is -2.07. The molecule has 0 aliphatic rings. The first-order valence-corrected chi connectivity index (χ1v) is 6.60. The zero-order chi connectivity index (χ0) is 11.4. The average Bonchev–Trinajstić information content (AvgIpc) is 2.20. The van der Waals surface area contributed by atoms with Crippen molar-refractivity contribution in [1.82, 2.24) is 5.32 Å². The zero-order valence-corrected chi connectivity index (χ0v) is 10.2. The number of carboxylic acids is 1. The number of carboxylic acid groups (broad SMARTS) is 1. The van der Waals surface area contributed by atoms with Crippen LogP contribution < -0.4 is 5.32 Å². The summed E-state index contributed by atoms with van der Waals surface area (Å²) in [6.45, 7) is 3.08.